The molecule has 1 aliphatic heterocycles. The highest BCUT2D eigenvalue weighted by atomic mass is 35.5. The molecule has 1 saturated heterocycles. The summed E-state index contributed by atoms with van der Waals surface area (Å²) in [5, 5.41) is 13.3. The summed E-state index contributed by atoms with van der Waals surface area (Å²) in [6.45, 7) is 2.14. The molecule has 1 fully saturated rings. The lowest BCUT2D eigenvalue weighted by atomic mass is 10.0. The van der Waals surface area contributed by atoms with Crippen LogP contribution in [-0.4, -0.2) is 28.0 Å². The van der Waals surface area contributed by atoms with Crippen molar-refractivity contribution in [2.45, 2.75) is 25.4 Å². The van der Waals surface area contributed by atoms with Gasteiger partial charge in [0.2, 0.25) is 5.82 Å². The van der Waals surface area contributed by atoms with Crippen LogP contribution in [0.25, 0.3) is 0 Å². The number of hydrogen-bond donors (Lipinski definition) is 1. The summed E-state index contributed by atoms with van der Waals surface area (Å²) in [5.74, 6) is -0.623. The van der Waals surface area contributed by atoms with Crippen LogP contribution in [0.3, 0.4) is 0 Å². The van der Waals surface area contributed by atoms with Crippen molar-refractivity contribution in [2.24, 2.45) is 0 Å². The summed E-state index contributed by atoms with van der Waals surface area (Å²) < 4.78 is 5.36. The van der Waals surface area contributed by atoms with Crippen LogP contribution < -0.4 is 5.32 Å². The lowest BCUT2D eigenvalue weighted by Gasteiger charge is -2.21. The molecule has 2 heterocycles. The highest BCUT2D eigenvalue weighted by Crippen LogP contribution is 2.29. The van der Waals surface area contributed by atoms with Gasteiger partial charge in [-0.3, -0.25) is 14.9 Å². The summed E-state index contributed by atoms with van der Waals surface area (Å²) in [5.41, 5.74) is -1.28. The molecule has 1 N–H and O–H groups in total. The minimum atomic E-state index is -0.974. The fourth-order valence-electron chi connectivity index (χ4n) is 1.87. The maximum absolute atomic E-state index is 12.1. The minimum absolute atomic E-state index is 0.0680. The number of halogens is 1. The van der Waals surface area contributed by atoms with Crippen molar-refractivity contribution >= 4 is 29.0 Å². The molecule has 2 rings (SSSR count). The summed E-state index contributed by atoms with van der Waals surface area (Å²) in [6.07, 6.45) is 1.34. The molecule has 0 saturated carbocycles. The van der Waals surface area contributed by atoms with E-state index in [1.807, 2.05) is 0 Å². The topological polar surface area (TPSA) is 94.4 Å². The molecule has 0 spiro atoms. The zero-order valence-electron chi connectivity index (χ0n) is 10.2. The highest BCUT2D eigenvalue weighted by molar-refractivity contribution is 6.29. The van der Waals surface area contributed by atoms with Gasteiger partial charge in [0.15, 0.2) is 0 Å². The van der Waals surface area contributed by atoms with Crippen molar-refractivity contribution in [3.05, 3.63) is 27.4 Å². The first kappa shape index (κ1) is 13.7. The molecule has 0 aliphatic carbocycles. The number of carbonyl (C=O) groups is 1. The van der Waals surface area contributed by atoms with Gasteiger partial charge >= 0.3 is 5.69 Å². The Morgan fingerprint density at radius 2 is 2.37 bits per heavy atom. The van der Waals surface area contributed by atoms with Gasteiger partial charge in [0, 0.05) is 12.7 Å². The lowest BCUT2D eigenvalue weighted by Crippen LogP contribution is -2.39. The maximum atomic E-state index is 12.1. The average Bonchev–Trinajstić information content (AvgIpc) is 2.77. The molecule has 1 aromatic rings. The lowest BCUT2D eigenvalue weighted by molar-refractivity contribution is -0.384. The van der Waals surface area contributed by atoms with Crippen LogP contribution in [0.5, 0.6) is 0 Å². The summed E-state index contributed by atoms with van der Waals surface area (Å²) in [7, 11) is 0. The molecule has 1 aromatic heterocycles. The molecule has 7 nitrogen and oxygen atoms in total. The van der Waals surface area contributed by atoms with Gasteiger partial charge in [-0.2, -0.15) is 0 Å². The third-order valence-corrected chi connectivity index (χ3v) is 3.18. The van der Waals surface area contributed by atoms with Gasteiger partial charge in [0.05, 0.1) is 4.92 Å². The van der Waals surface area contributed by atoms with Gasteiger partial charge < -0.3 is 10.1 Å². The number of ether oxygens (including phenoxy) is 1. The van der Waals surface area contributed by atoms with Gasteiger partial charge in [-0.05, 0) is 25.8 Å². The quantitative estimate of drug-likeness (QED) is 0.521. The number of pyridine rings is 1. The molecule has 1 amide bonds. The second-order valence-corrected chi connectivity index (χ2v) is 4.78. The van der Waals surface area contributed by atoms with Crippen molar-refractivity contribution in [3.63, 3.8) is 0 Å². The van der Waals surface area contributed by atoms with Crippen LogP contribution in [0, 0.1) is 10.1 Å². The first-order valence-corrected chi connectivity index (χ1v) is 6.06. The van der Waals surface area contributed by atoms with E-state index in [9.17, 15) is 14.9 Å². The van der Waals surface area contributed by atoms with Gasteiger partial charge in [0.1, 0.15) is 10.8 Å². The van der Waals surface area contributed by atoms with Crippen molar-refractivity contribution in [2.75, 3.05) is 11.9 Å². The maximum Gasteiger partial charge on any atom is 0.311 e. The molecular weight excluding hydrogens is 274 g/mol. The Balaban J connectivity index is 2.25. The zero-order chi connectivity index (χ0) is 14.0. The minimum Gasteiger partial charge on any atom is -0.365 e. The predicted octanol–water partition coefficient (Wildman–Crippen LogP) is 2.15. The number of nitrogens with zero attached hydrogens (tertiary/aromatic N) is 2. The fraction of sp³-hybridized carbons (Fsp3) is 0.455. The predicted molar refractivity (Wildman–Crippen MR) is 68.1 cm³/mol. The number of amides is 1. The van der Waals surface area contributed by atoms with E-state index in [4.69, 9.17) is 16.3 Å². The molecule has 1 atom stereocenters. The molecule has 0 bridgehead atoms. The Morgan fingerprint density at radius 3 is 2.95 bits per heavy atom. The van der Waals surface area contributed by atoms with Crippen LogP contribution in [-0.2, 0) is 9.53 Å². The normalized spacial score (nSPS) is 22.2. The number of hydrogen-bond acceptors (Lipinski definition) is 5. The highest BCUT2D eigenvalue weighted by Gasteiger charge is 2.38. The molecule has 0 aromatic carbocycles. The molecular formula is C11H12ClN3O4. The second kappa shape index (κ2) is 5.10. The largest absolute Gasteiger partial charge is 0.365 e. The Labute approximate surface area is 114 Å². The van der Waals surface area contributed by atoms with E-state index in [2.05, 4.69) is 10.3 Å². The van der Waals surface area contributed by atoms with Crippen LogP contribution in [0.15, 0.2) is 12.1 Å². The monoisotopic (exact) mass is 285 g/mol. The van der Waals surface area contributed by atoms with E-state index in [1.165, 1.54) is 12.1 Å². The SMILES string of the molecule is CC1(C(=O)Nc2nc(Cl)ccc2[N+](=O)[O-])CCCO1. The van der Waals surface area contributed by atoms with Crippen LogP contribution in [0.1, 0.15) is 19.8 Å². The van der Waals surface area contributed by atoms with Crippen molar-refractivity contribution in [3.8, 4) is 0 Å². The van der Waals surface area contributed by atoms with E-state index < -0.39 is 16.4 Å². The molecule has 102 valence electrons. The van der Waals surface area contributed by atoms with Crippen LogP contribution in [0.2, 0.25) is 5.15 Å². The third-order valence-electron chi connectivity index (χ3n) is 2.97. The number of anilines is 1. The average molecular weight is 286 g/mol. The van der Waals surface area contributed by atoms with Crippen molar-refractivity contribution < 1.29 is 14.5 Å². The molecule has 8 heteroatoms. The standard InChI is InChI=1S/C11H12ClN3O4/c1-11(5-2-6-19-11)10(16)14-9-7(15(17)18)3-4-8(12)13-9/h3-4H,2,5-6H2,1H3,(H,13,14,16). The second-order valence-electron chi connectivity index (χ2n) is 4.40. The van der Waals surface area contributed by atoms with Crippen molar-refractivity contribution in [1.29, 1.82) is 0 Å². The third kappa shape index (κ3) is 2.82. The van der Waals surface area contributed by atoms with Gasteiger partial charge in [0.25, 0.3) is 5.91 Å². The number of aromatic nitrogens is 1. The Kier molecular flexibility index (Phi) is 3.68. The van der Waals surface area contributed by atoms with E-state index >= 15 is 0 Å². The molecule has 19 heavy (non-hydrogen) atoms. The first-order chi connectivity index (χ1) is 8.92. The van der Waals surface area contributed by atoms with E-state index in [-0.39, 0.29) is 16.7 Å². The van der Waals surface area contributed by atoms with Crippen LogP contribution in [0.4, 0.5) is 11.5 Å². The summed E-state index contributed by atoms with van der Waals surface area (Å²) in [6, 6.07) is 2.49. The Bertz CT molecular complexity index is 529. The summed E-state index contributed by atoms with van der Waals surface area (Å²) in [4.78, 5) is 26.1. The molecule has 0 radical (unpaired) electrons. The number of carbonyl (C=O) groups excluding carboxylic acids is 1. The van der Waals surface area contributed by atoms with Gasteiger partial charge in [-0.25, -0.2) is 4.98 Å². The zero-order valence-corrected chi connectivity index (χ0v) is 10.9. The van der Waals surface area contributed by atoms with E-state index in [1.54, 1.807) is 6.92 Å². The van der Waals surface area contributed by atoms with Gasteiger partial charge in [-0.15, -0.1) is 0 Å². The van der Waals surface area contributed by atoms with E-state index in [0.717, 1.165) is 6.42 Å². The van der Waals surface area contributed by atoms with E-state index in [0.29, 0.717) is 13.0 Å². The fourth-order valence-corrected chi connectivity index (χ4v) is 2.01. The number of rotatable bonds is 3. The first-order valence-electron chi connectivity index (χ1n) is 5.69. The Hall–Kier alpha value is -1.73. The number of nitro groups is 1. The summed E-state index contributed by atoms with van der Waals surface area (Å²) >= 11 is 5.68. The number of nitrogens with one attached hydrogen (secondary N) is 1. The van der Waals surface area contributed by atoms with Crippen LogP contribution >= 0.6 is 11.6 Å². The van der Waals surface area contributed by atoms with Gasteiger partial charge in [-0.1, -0.05) is 11.6 Å². The smallest absolute Gasteiger partial charge is 0.311 e. The molecule has 1 unspecified atom stereocenters. The molecule has 1 aliphatic rings. The van der Waals surface area contributed by atoms with Crippen molar-refractivity contribution in [1.82, 2.24) is 4.98 Å². The Morgan fingerprint density at radius 1 is 1.63 bits per heavy atom.